The van der Waals surface area contributed by atoms with Crippen molar-refractivity contribution in [2.45, 2.75) is 13.8 Å². The highest BCUT2D eigenvalue weighted by Crippen LogP contribution is 2.01. The van der Waals surface area contributed by atoms with Gasteiger partial charge in [0, 0.05) is 0 Å². The zero-order valence-electron chi connectivity index (χ0n) is 7.74. The molecule has 5 heteroatoms. The fraction of sp³-hybridized carbons (Fsp3) is 0.375. The number of hydrogen-bond acceptors (Lipinski definition) is 4. The van der Waals surface area contributed by atoms with Gasteiger partial charge in [-0.2, -0.15) is 0 Å². The van der Waals surface area contributed by atoms with Gasteiger partial charge in [-0.25, -0.2) is 14.8 Å². The topological polar surface area (TPSA) is 52.1 Å². The molecule has 4 nitrogen and oxygen atoms in total. The summed E-state index contributed by atoms with van der Waals surface area (Å²) in [7, 11) is 1.28. The number of ether oxygens (including phenoxy) is 1. The van der Waals surface area contributed by atoms with E-state index < -0.39 is 5.97 Å². The maximum Gasteiger partial charge on any atom is 0.358 e. The lowest BCUT2D eigenvalue weighted by atomic mass is 10.5. The van der Waals surface area contributed by atoms with Crippen molar-refractivity contribution in [3.63, 3.8) is 0 Å². The van der Waals surface area contributed by atoms with Gasteiger partial charge < -0.3 is 4.74 Å². The van der Waals surface area contributed by atoms with E-state index in [0.717, 1.165) is 0 Å². The molecule has 0 radical (unpaired) electrons. The van der Waals surface area contributed by atoms with Crippen molar-refractivity contribution in [2.24, 2.45) is 0 Å². The van der Waals surface area contributed by atoms with Gasteiger partial charge in [-0.3, -0.25) is 0 Å². The number of hydrogen-bond donors (Lipinski definition) is 0. The van der Waals surface area contributed by atoms with Gasteiger partial charge in [0.05, 0.1) is 19.5 Å². The minimum absolute atomic E-state index is 0.150. The van der Waals surface area contributed by atoms with E-state index in [0.29, 0.717) is 0 Å². The number of carbonyl (C=O) groups is 1. The number of halogens is 1. The maximum absolute atomic E-state index is 10.8. The van der Waals surface area contributed by atoms with E-state index >= 15 is 0 Å². The van der Waals surface area contributed by atoms with Crippen molar-refractivity contribution < 1.29 is 9.53 Å². The molecule has 0 unspecified atom stereocenters. The third-order valence-corrected chi connectivity index (χ3v) is 1.21. The summed E-state index contributed by atoms with van der Waals surface area (Å²) in [5.74, 6) is -0.519. The van der Waals surface area contributed by atoms with Crippen LogP contribution in [0.5, 0.6) is 0 Å². The smallest absolute Gasteiger partial charge is 0.358 e. The Morgan fingerprint density at radius 3 is 2.38 bits per heavy atom. The van der Waals surface area contributed by atoms with E-state index in [9.17, 15) is 4.79 Å². The molecule has 72 valence electrons. The zero-order chi connectivity index (χ0) is 10.3. The summed E-state index contributed by atoms with van der Waals surface area (Å²) in [5.41, 5.74) is 0.150. The average molecular weight is 203 g/mol. The van der Waals surface area contributed by atoms with Crippen LogP contribution in [0.2, 0.25) is 5.15 Å². The highest BCUT2D eigenvalue weighted by atomic mass is 35.5. The number of rotatable bonds is 1. The molecule has 0 aliphatic heterocycles. The van der Waals surface area contributed by atoms with Crippen molar-refractivity contribution >= 4 is 17.6 Å². The molecular weight excluding hydrogens is 192 g/mol. The van der Waals surface area contributed by atoms with Gasteiger partial charge in [0.25, 0.3) is 0 Å². The molecule has 0 amide bonds. The van der Waals surface area contributed by atoms with E-state index in [2.05, 4.69) is 14.7 Å². The van der Waals surface area contributed by atoms with Crippen LogP contribution in [0.1, 0.15) is 24.3 Å². The van der Waals surface area contributed by atoms with Crippen LogP contribution in [0, 0.1) is 0 Å². The molecule has 1 rings (SSSR count). The minimum atomic E-state index is -0.519. The predicted molar refractivity (Wildman–Crippen MR) is 49.7 cm³/mol. The average Bonchev–Trinajstić information content (AvgIpc) is 2.21. The van der Waals surface area contributed by atoms with Crippen LogP contribution in [0.3, 0.4) is 0 Å². The fourth-order valence-electron chi connectivity index (χ4n) is 0.522. The molecule has 0 bridgehead atoms. The second kappa shape index (κ2) is 6.37. The van der Waals surface area contributed by atoms with Gasteiger partial charge in [0.2, 0.25) is 0 Å². The number of nitrogens with zero attached hydrogens (tertiary/aromatic N) is 2. The van der Waals surface area contributed by atoms with E-state index in [1.165, 1.54) is 19.5 Å². The molecular formula is C8H11ClN2O2. The Bertz CT molecular complexity index is 261. The molecule has 0 aromatic carbocycles. The maximum atomic E-state index is 10.8. The summed E-state index contributed by atoms with van der Waals surface area (Å²) in [6.07, 6.45) is 2.54. The first-order chi connectivity index (χ1) is 6.24. The Hall–Kier alpha value is -1.16. The van der Waals surface area contributed by atoms with Crippen molar-refractivity contribution in [1.82, 2.24) is 9.97 Å². The van der Waals surface area contributed by atoms with E-state index in [1.54, 1.807) is 0 Å². The standard InChI is InChI=1S/C6H5ClN2O2.C2H6/c1-11-6(10)4-2-9-5(7)3-8-4;1-2/h2-3H,1H3;1-2H3. The highest BCUT2D eigenvalue weighted by Gasteiger charge is 2.05. The molecule has 0 aliphatic rings. The summed E-state index contributed by atoms with van der Waals surface area (Å²) < 4.78 is 4.39. The molecule has 0 spiro atoms. The summed E-state index contributed by atoms with van der Waals surface area (Å²) in [4.78, 5) is 18.1. The van der Waals surface area contributed by atoms with Gasteiger partial charge in [0.15, 0.2) is 5.69 Å². The normalized spacial score (nSPS) is 8.31. The molecule has 0 saturated heterocycles. The van der Waals surface area contributed by atoms with Crippen LogP contribution in [-0.2, 0) is 4.74 Å². The lowest BCUT2D eigenvalue weighted by Crippen LogP contribution is -2.04. The molecule has 1 aromatic heterocycles. The summed E-state index contributed by atoms with van der Waals surface area (Å²) >= 11 is 5.43. The van der Waals surface area contributed by atoms with Crippen LogP contribution in [-0.4, -0.2) is 23.0 Å². The fourth-order valence-corrected chi connectivity index (χ4v) is 0.620. The van der Waals surface area contributed by atoms with E-state index in [-0.39, 0.29) is 10.8 Å². The van der Waals surface area contributed by atoms with Crippen molar-refractivity contribution in [3.8, 4) is 0 Å². The molecule has 0 atom stereocenters. The second-order valence-electron chi connectivity index (χ2n) is 1.72. The molecule has 0 aliphatic carbocycles. The Labute approximate surface area is 81.9 Å². The molecule has 0 N–H and O–H groups in total. The first-order valence-electron chi connectivity index (χ1n) is 3.80. The van der Waals surface area contributed by atoms with Crippen LogP contribution in [0.4, 0.5) is 0 Å². The Kier molecular flexibility index (Phi) is 5.80. The van der Waals surface area contributed by atoms with E-state index in [4.69, 9.17) is 11.6 Å². The van der Waals surface area contributed by atoms with E-state index in [1.807, 2.05) is 13.8 Å². The molecule has 13 heavy (non-hydrogen) atoms. The Morgan fingerprint density at radius 1 is 1.38 bits per heavy atom. The monoisotopic (exact) mass is 202 g/mol. The largest absolute Gasteiger partial charge is 0.464 e. The number of carbonyl (C=O) groups excluding carboxylic acids is 1. The lowest BCUT2D eigenvalue weighted by Gasteiger charge is -1.95. The minimum Gasteiger partial charge on any atom is -0.464 e. The third-order valence-electron chi connectivity index (χ3n) is 1.01. The van der Waals surface area contributed by atoms with Gasteiger partial charge >= 0.3 is 5.97 Å². The zero-order valence-corrected chi connectivity index (χ0v) is 8.50. The Morgan fingerprint density at radius 2 is 2.00 bits per heavy atom. The van der Waals surface area contributed by atoms with Crippen molar-refractivity contribution in [3.05, 3.63) is 23.2 Å². The Balaban J connectivity index is 0.000000671. The van der Waals surface area contributed by atoms with Gasteiger partial charge in [-0.15, -0.1) is 0 Å². The SMILES string of the molecule is CC.COC(=O)c1cnc(Cl)cn1. The number of aromatic nitrogens is 2. The number of methoxy groups -OCH3 is 1. The van der Waals surface area contributed by atoms with Gasteiger partial charge in [0.1, 0.15) is 5.15 Å². The van der Waals surface area contributed by atoms with Crippen LogP contribution in [0.25, 0.3) is 0 Å². The third kappa shape index (κ3) is 3.85. The quantitative estimate of drug-likeness (QED) is 0.654. The molecule has 1 aromatic rings. The van der Waals surface area contributed by atoms with Crippen LogP contribution >= 0.6 is 11.6 Å². The van der Waals surface area contributed by atoms with Crippen molar-refractivity contribution in [1.29, 1.82) is 0 Å². The van der Waals surface area contributed by atoms with Crippen molar-refractivity contribution in [2.75, 3.05) is 7.11 Å². The van der Waals surface area contributed by atoms with Crippen LogP contribution in [0.15, 0.2) is 12.4 Å². The van der Waals surface area contributed by atoms with Gasteiger partial charge in [-0.05, 0) is 0 Å². The highest BCUT2D eigenvalue weighted by molar-refractivity contribution is 6.29. The first kappa shape index (κ1) is 11.8. The summed E-state index contributed by atoms with van der Waals surface area (Å²) in [6, 6.07) is 0. The molecule has 0 fully saturated rings. The molecule has 1 heterocycles. The van der Waals surface area contributed by atoms with Gasteiger partial charge in [-0.1, -0.05) is 25.4 Å². The predicted octanol–water partition coefficient (Wildman–Crippen LogP) is 1.94. The summed E-state index contributed by atoms with van der Waals surface area (Å²) in [5, 5.41) is 0.248. The molecule has 0 saturated carbocycles. The lowest BCUT2D eigenvalue weighted by molar-refractivity contribution is 0.0593. The first-order valence-corrected chi connectivity index (χ1v) is 4.17. The van der Waals surface area contributed by atoms with Crippen LogP contribution < -0.4 is 0 Å². The number of esters is 1. The second-order valence-corrected chi connectivity index (χ2v) is 2.10. The summed E-state index contributed by atoms with van der Waals surface area (Å²) in [6.45, 7) is 4.00.